The first-order chi connectivity index (χ1) is 11.5. The molecule has 5 atom stereocenters. The van der Waals surface area contributed by atoms with E-state index in [1.807, 2.05) is 0 Å². The van der Waals surface area contributed by atoms with E-state index in [-0.39, 0.29) is 11.5 Å². The van der Waals surface area contributed by atoms with Gasteiger partial charge in [-0.2, -0.15) is 0 Å². The maximum Gasteiger partial charge on any atom is 0.0596 e. The molecule has 0 saturated heterocycles. The zero-order chi connectivity index (χ0) is 17.3. The summed E-state index contributed by atoms with van der Waals surface area (Å²) in [6, 6.07) is 7.09. The molecule has 1 aromatic carbocycles. The van der Waals surface area contributed by atoms with Crippen molar-refractivity contribution in [1.29, 1.82) is 0 Å². The smallest absolute Gasteiger partial charge is 0.0596 e. The number of hydrogen-bond acceptors (Lipinski definition) is 1. The molecule has 1 N–H and O–H groups in total. The van der Waals surface area contributed by atoms with Crippen molar-refractivity contribution in [3.63, 3.8) is 0 Å². The van der Waals surface area contributed by atoms with Gasteiger partial charge in [-0.25, -0.2) is 0 Å². The molecule has 1 nitrogen and oxygen atoms in total. The summed E-state index contributed by atoms with van der Waals surface area (Å²) in [7, 11) is 0. The van der Waals surface area contributed by atoms with E-state index in [1.165, 1.54) is 50.5 Å². The fraction of sp³-hybridized carbons (Fsp3) is 0.739. The van der Waals surface area contributed by atoms with E-state index in [1.54, 1.807) is 11.1 Å². The van der Waals surface area contributed by atoms with Crippen molar-refractivity contribution in [3.8, 4) is 0 Å². The van der Waals surface area contributed by atoms with Gasteiger partial charge >= 0.3 is 0 Å². The predicted molar refractivity (Wildman–Crippen MR) is 102 cm³/mol. The van der Waals surface area contributed by atoms with E-state index >= 15 is 0 Å². The summed E-state index contributed by atoms with van der Waals surface area (Å²) in [5.74, 6) is 2.34. The van der Waals surface area contributed by atoms with Crippen LogP contribution in [0.2, 0.25) is 0 Å². The summed E-state index contributed by atoms with van der Waals surface area (Å²) < 4.78 is 0. The summed E-state index contributed by atoms with van der Waals surface area (Å²) in [5, 5.41) is 10.4. The second-order valence-corrected chi connectivity index (χ2v) is 8.76. The van der Waals surface area contributed by atoms with E-state index in [2.05, 4.69) is 45.9 Å². The lowest BCUT2D eigenvalue weighted by Crippen LogP contribution is -2.43. The van der Waals surface area contributed by atoms with Crippen LogP contribution in [0, 0.1) is 24.2 Å². The van der Waals surface area contributed by atoms with E-state index in [0.29, 0.717) is 0 Å². The SMILES string of the molecule is CCCC.Cc1ccc2c(c1)CCC1C2CCC2(C)C(O)CCC12. The van der Waals surface area contributed by atoms with Crippen LogP contribution in [0.25, 0.3) is 0 Å². The number of hydrogen-bond donors (Lipinski definition) is 1. The number of aliphatic hydroxyl groups is 1. The van der Waals surface area contributed by atoms with E-state index < -0.39 is 0 Å². The van der Waals surface area contributed by atoms with E-state index in [4.69, 9.17) is 0 Å². The van der Waals surface area contributed by atoms with Gasteiger partial charge in [0.1, 0.15) is 0 Å². The zero-order valence-electron chi connectivity index (χ0n) is 16.1. The Morgan fingerprint density at radius 2 is 1.83 bits per heavy atom. The number of aliphatic hydroxyl groups excluding tert-OH is 1. The Balaban J connectivity index is 0.000000383. The third kappa shape index (κ3) is 3.05. The third-order valence-corrected chi connectivity index (χ3v) is 7.33. The zero-order valence-corrected chi connectivity index (χ0v) is 16.1. The van der Waals surface area contributed by atoms with Gasteiger partial charge in [0.05, 0.1) is 6.10 Å². The Morgan fingerprint density at radius 1 is 1.08 bits per heavy atom. The molecule has 2 fully saturated rings. The van der Waals surface area contributed by atoms with Crippen molar-refractivity contribution < 1.29 is 5.11 Å². The van der Waals surface area contributed by atoms with E-state index in [9.17, 15) is 5.11 Å². The summed E-state index contributed by atoms with van der Waals surface area (Å²) >= 11 is 0. The first kappa shape index (κ1) is 18.0. The molecule has 0 aliphatic heterocycles. The highest BCUT2D eigenvalue weighted by Gasteiger charge is 2.54. The Morgan fingerprint density at radius 3 is 2.54 bits per heavy atom. The average Bonchev–Trinajstić information content (AvgIpc) is 2.90. The van der Waals surface area contributed by atoms with Gasteiger partial charge in [0.2, 0.25) is 0 Å². The Kier molecular flexibility index (Phi) is 5.39. The first-order valence-corrected chi connectivity index (χ1v) is 10.3. The van der Waals surface area contributed by atoms with Crippen LogP contribution in [0.1, 0.15) is 88.3 Å². The maximum atomic E-state index is 10.4. The second-order valence-electron chi connectivity index (χ2n) is 8.76. The molecular formula is C23H36O. The molecule has 0 bridgehead atoms. The van der Waals surface area contributed by atoms with Crippen LogP contribution >= 0.6 is 0 Å². The molecule has 24 heavy (non-hydrogen) atoms. The molecule has 5 unspecified atom stereocenters. The molecule has 3 aliphatic rings. The Bertz CT molecular complexity index is 561. The lowest BCUT2D eigenvalue weighted by atomic mass is 9.55. The van der Waals surface area contributed by atoms with Gasteiger partial charge in [0.25, 0.3) is 0 Å². The van der Waals surface area contributed by atoms with Crippen LogP contribution in [-0.4, -0.2) is 11.2 Å². The molecule has 2 saturated carbocycles. The highest BCUT2D eigenvalue weighted by atomic mass is 16.3. The van der Waals surface area contributed by atoms with Gasteiger partial charge in [0, 0.05) is 0 Å². The third-order valence-electron chi connectivity index (χ3n) is 7.33. The lowest BCUT2D eigenvalue weighted by Gasteiger charge is -2.50. The number of unbranched alkanes of at least 4 members (excludes halogenated alkanes) is 1. The first-order valence-electron chi connectivity index (χ1n) is 10.3. The van der Waals surface area contributed by atoms with E-state index in [0.717, 1.165) is 24.2 Å². The largest absolute Gasteiger partial charge is 0.393 e. The monoisotopic (exact) mass is 328 g/mol. The Labute approximate surface area is 148 Å². The quantitative estimate of drug-likeness (QED) is 0.668. The minimum absolute atomic E-state index is 0.0483. The summed E-state index contributed by atoms with van der Waals surface area (Å²) in [5.41, 5.74) is 4.85. The predicted octanol–water partition coefficient (Wildman–Crippen LogP) is 6.02. The van der Waals surface area contributed by atoms with Crippen molar-refractivity contribution in [2.24, 2.45) is 17.3 Å². The molecule has 0 heterocycles. The van der Waals surface area contributed by atoms with Crippen molar-refractivity contribution in [1.82, 2.24) is 0 Å². The van der Waals surface area contributed by atoms with Gasteiger partial charge in [-0.3, -0.25) is 0 Å². The second kappa shape index (κ2) is 7.20. The van der Waals surface area contributed by atoms with Crippen LogP contribution in [0.5, 0.6) is 0 Å². The van der Waals surface area contributed by atoms with Crippen LogP contribution in [0.3, 0.4) is 0 Å². The number of benzene rings is 1. The Hall–Kier alpha value is -0.820. The normalized spacial score (nSPS) is 36.9. The number of aryl methyl sites for hydroxylation is 2. The van der Waals surface area contributed by atoms with Crippen molar-refractivity contribution >= 4 is 0 Å². The van der Waals surface area contributed by atoms with Crippen molar-refractivity contribution in [3.05, 3.63) is 34.9 Å². The van der Waals surface area contributed by atoms with Crippen LogP contribution < -0.4 is 0 Å². The van der Waals surface area contributed by atoms with Gasteiger partial charge in [-0.1, -0.05) is 57.4 Å². The lowest BCUT2D eigenvalue weighted by molar-refractivity contribution is -0.0226. The molecular weight excluding hydrogens is 292 g/mol. The van der Waals surface area contributed by atoms with Crippen molar-refractivity contribution in [2.45, 2.75) is 91.1 Å². The molecule has 4 rings (SSSR count). The fourth-order valence-corrected chi connectivity index (χ4v) is 5.68. The molecule has 0 radical (unpaired) electrons. The number of rotatable bonds is 1. The van der Waals surface area contributed by atoms with Gasteiger partial charge in [-0.15, -0.1) is 0 Å². The average molecular weight is 329 g/mol. The molecule has 134 valence electrons. The minimum Gasteiger partial charge on any atom is -0.393 e. The summed E-state index contributed by atoms with van der Waals surface area (Å²) in [6.45, 7) is 8.92. The highest BCUT2D eigenvalue weighted by molar-refractivity contribution is 5.37. The molecule has 3 aliphatic carbocycles. The molecule has 0 aromatic heterocycles. The van der Waals surface area contributed by atoms with Crippen molar-refractivity contribution in [2.75, 3.05) is 0 Å². The molecule has 0 spiro atoms. The molecule has 1 aromatic rings. The van der Waals surface area contributed by atoms with Gasteiger partial charge < -0.3 is 5.11 Å². The maximum absolute atomic E-state index is 10.4. The standard InChI is InChI=1S/C19H26O.C4H10/c1-12-3-5-14-13(11-12)4-6-16-15(14)9-10-19(2)17(16)7-8-18(19)20;1-3-4-2/h3,5,11,15-18,20H,4,6-10H2,1-2H3;3-4H2,1-2H3. The topological polar surface area (TPSA) is 20.2 Å². The highest BCUT2D eigenvalue weighted by Crippen LogP contribution is 2.60. The minimum atomic E-state index is -0.0483. The molecule has 1 heteroatoms. The van der Waals surface area contributed by atoms with Crippen LogP contribution in [-0.2, 0) is 6.42 Å². The fourth-order valence-electron chi connectivity index (χ4n) is 5.68. The molecule has 0 amide bonds. The summed E-state index contributed by atoms with van der Waals surface area (Å²) in [6.07, 6.45) is 9.96. The number of fused-ring (bicyclic) bond motifs is 5. The van der Waals surface area contributed by atoms with Gasteiger partial charge in [-0.05, 0) is 79.7 Å². The van der Waals surface area contributed by atoms with Gasteiger partial charge in [0.15, 0.2) is 0 Å². The van der Waals surface area contributed by atoms with Crippen LogP contribution in [0.4, 0.5) is 0 Å². The summed E-state index contributed by atoms with van der Waals surface area (Å²) in [4.78, 5) is 0. The van der Waals surface area contributed by atoms with Crippen LogP contribution in [0.15, 0.2) is 18.2 Å².